The number of hydrogen-bond acceptors (Lipinski definition) is 3. The van der Waals surface area contributed by atoms with Crippen LogP contribution in [-0.4, -0.2) is 44.6 Å². The number of benzene rings is 1. The Hall–Kier alpha value is -1.20. The molecule has 21 heavy (non-hydrogen) atoms. The molecule has 0 saturated carbocycles. The third-order valence-corrected chi connectivity index (χ3v) is 3.69. The molecule has 0 heterocycles. The Kier molecular flexibility index (Phi) is 10.7. The molecule has 4 nitrogen and oxygen atoms in total. The number of aliphatic imine (C=N–C) groups is 1. The van der Waals surface area contributed by atoms with Crippen LogP contribution < -0.4 is 10.6 Å². The van der Waals surface area contributed by atoms with Gasteiger partial charge in [0, 0.05) is 43.5 Å². The lowest BCUT2D eigenvalue weighted by molar-refractivity contribution is 0.146. The first-order valence-corrected chi connectivity index (χ1v) is 8.63. The lowest BCUT2D eigenvalue weighted by atomic mass is 10.4. The van der Waals surface area contributed by atoms with E-state index in [1.807, 2.05) is 24.8 Å². The molecule has 118 valence electrons. The molecule has 1 rings (SSSR count). The molecule has 0 radical (unpaired) electrons. The van der Waals surface area contributed by atoms with Crippen LogP contribution in [0, 0.1) is 0 Å². The maximum atomic E-state index is 5.31. The topological polar surface area (TPSA) is 45.7 Å². The first-order valence-electron chi connectivity index (χ1n) is 7.64. The highest BCUT2D eigenvalue weighted by Gasteiger charge is 1.97. The molecule has 0 spiro atoms. The summed E-state index contributed by atoms with van der Waals surface area (Å²) in [7, 11) is 0. The fraction of sp³-hybridized carbons (Fsp3) is 0.562. The van der Waals surface area contributed by atoms with Gasteiger partial charge in [-0.2, -0.15) is 0 Å². The zero-order valence-corrected chi connectivity index (χ0v) is 13.9. The van der Waals surface area contributed by atoms with Crippen LogP contribution in [0.2, 0.25) is 0 Å². The molecule has 1 aromatic carbocycles. The van der Waals surface area contributed by atoms with Crippen molar-refractivity contribution >= 4 is 17.7 Å². The van der Waals surface area contributed by atoms with Gasteiger partial charge >= 0.3 is 0 Å². The summed E-state index contributed by atoms with van der Waals surface area (Å²) in [5.74, 6) is 1.91. The van der Waals surface area contributed by atoms with Crippen LogP contribution in [0.25, 0.3) is 0 Å². The van der Waals surface area contributed by atoms with Crippen LogP contribution in [0.3, 0.4) is 0 Å². The van der Waals surface area contributed by atoms with E-state index in [0.717, 1.165) is 51.0 Å². The summed E-state index contributed by atoms with van der Waals surface area (Å²) in [5.41, 5.74) is 0. The van der Waals surface area contributed by atoms with Crippen LogP contribution in [0.15, 0.2) is 40.2 Å². The zero-order valence-electron chi connectivity index (χ0n) is 13.1. The van der Waals surface area contributed by atoms with Crippen molar-refractivity contribution in [2.45, 2.75) is 25.2 Å². The highest BCUT2D eigenvalue weighted by molar-refractivity contribution is 7.99. The van der Waals surface area contributed by atoms with Crippen LogP contribution in [0.4, 0.5) is 0 Å². The minimum Gasteiger partial charge on any atom is -0.382 e. The second-order valence-electron chi connectivity index (χ2n) is 4.40. The Bertz CT molecular complexity index is 384. The SMILES string of the molecule is CCNC(=NCCCOCC)NCCSc1ccccc1. The van der Waals surface area contributed by atoms with E-state index in [1.165, 1.54) is 4.90 Å². The molecule has 0 aliphatic carbocycles. The molecule has 0 aliphatic rings. The van der Waals surface area contributed by atoms with E-state index in [0.29, 0.717) is 0 Å². The monoisotopic (exact) mass is 309 g/mol. The fourth-order valence-corrected chi connectivity index (χ4v) is 2.49. The molecular weight excluding hydrogens is 282 g/mol. The summed E-state index contributed by atoms with van der Waals surface area (Å²) >= 11 is 1.85. The maximum absolute atomic E-state index is 5.31. The minimum atomic E-state index is 0.777. The smallest absolute Gasteiger partial charge is 0.191 e. The molecule has 0 bridgehead atoms. The van der Waals surface area contributed by atoms with Gasteiger partial charge in [-0.3, -0.25) is 4.99 Å². The van der Waals surface area contributed by atoms with Gasteiger partial charge in [0.1, 0.15) is 0 Å². The van der Waals surface area contributed by atoms with Crippen LogP contribution >= 0.6 is 11.8 Å². The van der Waals surface area contributed by atoms with Crippen molar-refractivity contribution in [2.75, 3.05) is 38.6 Å². The predicted octanol–water partition coefficient (Wildman–Crippen LogP) is 2.76. The number of nitrogens with one attached hydrogen (secondary N) is 2. The van der Waals surface area contributed by atoms with Gasteiger partial charge in [-0.15, -0.1) is 11.8 Å². The first-order chi connectivity index (χ1) is 10.4. The molecule has 0 saturated heterocycles. The number of nitrogens with zero attached hydrogens (tertiary/aromatic N) is 1. The molecular formula is C16H27N3OS. The van der Waals surface area contributed by atoms with Crippen LogP contribution in [0.1, 0.15) is 20.3 Å². The first kappa shape index (κ1) is 17.9. The van der Waals surface area contributed by atoms with E-state index in [9.17, 15) is 0 Å². The molecule has 0 aromatic heterocycles. The second-order valence-corrected chi connectivity index (χ2v) is 5.57. The Morgan fingerprint density at radius 1 is 1.19 bits per heavy atom. The Morgan fingerprint density at radius 2 is 2.00 bits per heavy atom. The minimum absolute atomic E-state index is 0.777. The van der Waals surface area contributed by atoms with E-state index < -0.39 is 0 Å². The number of rotatable bonds is 10. The van der Waals surface area contributed by atoms with Crippen LogP contribution in [-0.2, 0) is 4.74 Å². The van der Waals surface area contributed by atoms with Gasteiger partial charge in [-0.25, -0.2) is 0 Å². The number of hydrogen-bond donors (Lipinski definition) is 2. The van der Waals surface area contributed by atoms with Crippen molar-refractivity contribution in [1.82, 2.24) is 10.6 Å². The molecule has 0 atom stereocenters. The number of thioether (sulfide) groups is 1. The van der Waals surface area contributed by atoms with Gasteiger partial charge in [0.25, 0.3) is 0 Å². The van der Waals surface area contributed by atoms with Crippen molar-refractivity contribution in [3.8, 4) is 0 Å². The third-order valence-electron chi connectivity index (χ3n) is 2.67. The standard InChI is InChI=1S/C16H27N3OS/c1-3-17-16(18-11-8-13-20-4-2)19-12-14-21-15-9-6-5-7-10-15/h5-7,9-10H,3-4,8,11-14H2,1-2H3,(H2,17,18,19). The summed E-state index contributed by atoms with van der Waals surface area (Å²) in [6, 6.07) is 10.5. The quantitative estimate of drug-likeness (QED) is 0.302. The maximum Gasteiger partial charge on any atom is 0.191 e. The molecule has 0 unspecified atom stereocenters. The summed E-state index contributed by atoms with van der Waals surface area (Å²) in [6.07, 6.45) is 0.961. The predicted molar refractivity (Wildman–Crippen MR) is 92.3 cm³/mol. The Morgan fingerprint density at radius 3 is 2.71 bits per heavy atom. The van der Waals surface area contributed by atoms with Crippen LogP contribution in [0.5, 0.6) is 0 Å². The zero-order chi connectivity index (χ0) is 15.2. The number of ether oxygens (including phenoxy) is 1. The van der Waals surface area contributed by atoms with Gasteiger partial charge in [0.15, 0.2) is 5.96 Å². The Balaban J connectivity index is 2.19. The summed E-state index contributed by atoms with van der Waals surface area (Å²) in [5, 5.41) is 6.62. The van der Waals surface area contributed by atoms with E-state index in [2.05, 4.69) is 46.8 Å². The van der Waals surface area contributed by atoms with E-state index >= 15 is 0 Å². The molecule has 2 N–H and O–H groups in total. The average molecular weight is 309 g/mol. The summed E-state index contributed by atoms with van der Waals surface area (Å²) < 4.78 is 5.31. The van der Waals surface area contributed by atoms with Gasteiger partial charge in [-0.1, -0.05) is 18.2 Å². The van der Waals surface area contributed by atoms with Gasteiger partial charge in [-0.05, 0) is 32.4 Å². The van der Waals surface area contributed by atoms with Gasteiger partial charge < -0.3 is 15.4 Å². The normalized spacial score (nSPS) is 11.4. The van der Waals surface area contributed by atoms with Crippen molar-refractivity contribution < 1.29 is 4.74 Å². The molecule has 1 aromatic rings. The van der Waals surface area contributed by atoms with E-state index in [-0.39, 0.29) is 0 Å². The van der Waals surface area contributed by atoms with Crippen molar-refractivity contribution in [3.05, 3.63) is 30.3 Å². The fourth-order valence-electron chi connectivity index (χ4n) is 1.70. The largest absolute Gasteiger partial charge is 0.382 e. The number of guanidine groups is 1. The lowest BCUT2D eigenvalue weighted by Gasteiger charge is -2.11. The summed E-state index contributed by atoms with van der Waals surface area (Å²) in [4.78, 5) is 5.84. The average Bonchev–Trinajstić information content (AvgIpc) is 2.52. The molecule has 0 fully saturated rings. The lowest BCUT2D eigenvalue weighted by Crippen LogP contribution is -2.38. The third kappa shape index (κ3) is 9.37. The van der Waals surface area contributed by atoms with Crippen molar-refractivity contribution in [2.24, 2.45) is 4.99 Å². The Labute approximate surface area is 132 Å². The highest BCUT2D eigenvalue weighted by atomic mass is 32.2. The van der Waals surface area contributed by atoms with E-state index in [4.69, 9.17) is 4.74 Å². The molecule has 5 heteroatoms. The second kappa shape index (κ2) is 12.5. The highest BCUT2D eigenvalue weighted by Crippen LogP contribution is 2.15. The summed E-state index contributed by atoms with van der Waals surface area (Å²) in [6.45, 7) is 8.22. The molecule has 0 amide bonds. The van der Waals surface area contributed by atoms with E-state index in [1.54, 1.807) is 0 Å². The van der Waals surface area contributed by atoms with Gasteiger partial charge in [0.2, 0.25) is 0 Å². The van der Waals surface area contributed by atoms with Crippen molar-refractivity contribution in [1.29, 1.82) is 0 Å². The van der Waals surface area contributed by atoms with Gasteiger partial charge in [0.05, 0.1) is 0 Å². The van der Waals surface area contributed by atoms with Crippen molar-refractivity contribution in [3.63, 3.8) is 0 Å². The molecule has 0 aliphatic heterocycles.